The summed E-state index contributed by atoms with van der Waals surface area (Å²) in [7, 11) is 0. The molecule has 112 valence electrons. The van der Waals surface area contributed by atoms with E-state index in [9.17, 15) is 17.6 Å². The summed E-state index contributed by atoms with van der Waals surface area (Å²) < 4.78 is 52.1. The van der Waals surface area contributed by atoms with Crippen LogP contribution in [0, 0.1) is 5.82 Å². The molecule has 0 aliphatic rings. The monoisotopic (exact) mass is 362 g/mol. The van der Waals surface area contributed by atoms with Crippen LogP contribution in [-0.2, 0) is 6.18 Å². The quantitative estimate of drug-likeness (QED) is 0.488. The molecule has 0 aliphatic carbocycles. The molecule has 1 atom stereocenters. The van der Waals surface area contributed by atoms with E-state index in [4.69, 9.17) is 5.84 Å². The van der Waals surface area contributed by atoms with Crippen LogP contribution in [0.4, 0.5) is 17.6 Å². The van der Waals surface area contributed by atoms with Crippen LogP contribution in [-0.4, -0.2) is 0 Å². The van der Waals surface area contributed by atoms with Crippen molar-refractivity contribution >= 4 is 15.9 Å². The van der Waals surface area contributed by atoms with Gasteiger partial charge in [-0.05, 0) is 29.3 Å². The Kier molecular flexibility index (Phi) is 4.65. The van der Waals surface area contributed by atoms with Gasteiger partial charge in [-0.3, -0.25) is 5.84 Å². The van der Waals surface area contributed by atoms with Crippen LogP contribution < -0.4 is 11.3 Å². The van der Waals surface area contributed by atoms with Gasteiger partial charge in [-0.1, -0.05) is 40.2 Å². The van der Waals surface area contributed by atoms with Crippen molar-refractivity contribution in [2.75, 3.05) is 0 Å². The Hall–Kier alpha value is -1.44. The van der Waals surface area contributed by atoms with Crippen LogP contribution in [0.15, 0.2) is 46.9 Å². The maximum absolute atomic E-state index is 13.7. The Morgan fingerprint density at radius 3 is 2.29 bits per heavy atom. The van der Waals surface area contributed by atoms with Crippen molar-refractivity contribution in [2.24, 2.45) is 5.84 Å². The summed E-state index contributed by atoms with van der Waals surface area (Å²) in [5.74, 6) is 4.14. The lowest BCUT2D eigenvalue weighted by molar-refractivity contribution is -0.140. The van der Waals surface area contributed by atoms with Crippen LogP contribution in [0.2, 0.25) is 0 Å². The molecule has 0 heterocycles. The minimum Gasteiger partial charge on any atom is -0.271 e. The Labute approximate surface area is 127 Å². The van der Waals surface area contributed by atoms with Gasteiger partial charge in [0.2, 0.25) is 0 Å². The molecule has 0 aromatic heterocycles. The van der Waals surface area contributed by atoms with Gasteiger partial charge in [0.05, 0.1) is 11.6 Å². The molecule has 2 aromatic carbocycles. The molecule has 0 spiro atoms. The van der Waals surface area contributed by atoms with Gasteiger partial charge in [0.1, 0.15) is 5.82 Å². The van der Waals surface area contributed by atoms with Crippen LogP contribution in [0.25, 0.3) is 0 Å². The molecule has 0 saturated heterocycles. The van der Waals surface area contributed by atoms with Gasteiger partial charge in [-0.2, -0.15) is 13.2 Å². The summed E-state index contributed by atoms with van der Waals surface area (Å²) in [5, 5.41) is 0. The van der Waals surface area contributed by atoms with Gasteiger partial charge in [0, 0.05) is 4.47 Å². The molecular formula is C14H11BrF4N2. The largest absolute Gasteiger partial charge is 0.419 e. The highest BCUT2D eigenvalue weighted by Gasteiger charge is 2.34. The molecule has 0 bridgehead atoms. The maximum atomic E-state index is 13.7. The van der Waals surface area contributed by atoms with Gasteiger partial charge in [-0.15, -0.1) is 0 Å². The van der Waals surface area contributed by atoms with Crippen LogP contribution in [0.1, 0.15) is 22.7 Å². The second-order valence-electron chi connectivity index (χ2n) is 4.36. The first-order valence-corrected chi connectivity index (χ1v) is 6.71. The number of rotatable bonds is 3. The summed E-state index contributed by atoms with van der Waals surface area (Å²) in [6.45, 7) is 0. The third kappa shape index (κ3) is 3.42. The number of nitrogens with two attached hydrogens (primary N) is 1. The first-order valence-electron chi connectivity index (χ1n) is 5.91. The molecule has 7 heteroatoms. The number of benzene rings is 2. The molecule has 2 rings (SSSR count). The molecule has 0 saturated carbocycles. The topological polar surface area (TPSA) is 38.0 Å². The number of hydrogen-bond acceptors (Lipinski definition) is 2. The first-order chi connectivity index (χ1) is 9.84. The third-order valence-corrected chi connectivity index (χ3v) is 3.74. The van der Waals surface area contributed by atoms with Crippen molar-refractivity contribution < 1.29 is 17.6 Å². The lowest BCUT2D eigenvalue weighted by Gasteiger charge is -2.19. The SMILES string of the molecule is NNC(c1ccc(C(F)(F)F)c(F)c1)c1ccccc1Br. The van der Waals surface area contributed by atoms with E-state index >= 15 is 0 Å². The summed E-state index contributed by atoms with van der Waals surface area (Å²) in [6, 6.07) is 9.18. The van der Waals surface area contributed by atoms with Crippen LogP contribution in [0.3, 0.4) is 0 Å². The summed E-state index contributed by atoms with van der Waals surface area (Å²) >= 11 is 3.33. The second kappa shape index (κ2) is 6.13. The molecular weight excluding hydrogens is 352 g/mol. The smallest absolute Gasteiger partial charge is 0.271 e. The highest BCUT2D eigenvalue weighted by Crippen LogP contribution is 2.34. The third-order valence-electron chi connectivity index (χ3n) is 3.01. The van der Waals surface area contributed by atoms with Crippen molar-refractivity contribution in [3.05, 3.63) is 69.4 Å². The normalized spacial score (nSPS) is 13.2. The van der Waals surface area contributed by atoms with E-state index in [0.717, 1.165) is 6.07 Å². The van der Waals surface area contributed by atoms with Gasteiger partial charge in [-0.25, -0.2) is 9.82 Å². The minimum atomic E-state index is -4.72. The van der Waals surface area contributed by atoms with E-state index in [2.05, 4.69) is 21.4 Å². The van der Waals surface area contributed by atoms with E-state index in [0.29, 0.717) is 21.7 Å². The summed E-state index contributed by atoms with van der Waals surface area (Å²) in [5.41, 5.74) is 2.18. The Morgan fingerprint density at radius 1 is 1.10 bits per heavy atom. The van der Waals surface area contributed by atoms with E-state index in [1.807, 2.05) is 0 Å². The molecule has 1 unspecified atom stereocenters. The van der Waals surface area contributed by atoms with Gasteiger partial charge < -0.3 is 0 Å². The van der Waals surface area contributed by atoms with Crippen molar-refractivity contribution in [3.8, 4) is 0 Å². The lowest BCUT2D eigenvalue weighted by atomic mass is 9.98. The molecule has 0 aliphatic heterocycles. The first kappa shape index (κ1) is 15.9. The zero-order chi connectivity index (χ0) is 15.6. The molecule has 3 N–H and O–H groups in total. The van der Waals surface area contributed by atoms with E-state index in [-0.39, 0.29) is 0 Å². The average Bonchev–Trinajstić information content (AvgIpc) is 2.40. The van der Waals surface area contributed by atoms with Crippen molar-refractivity contribution in [3.63, 3.8) is 0 Å². The number of nitrogens with one attached hydrogen (secondary N) is 1. The Morgan fingerprint density at radius 2 is 1.76 bits per heavy atom. The summed E-state index contributed by atoms with van der Waals surface area (Å²) in [6.07, 6.45) is -4.72. The highest BCUT2D eigenvalue weighted by atomic mass is 79.9. The molecule has 2 aromatic rings. The predicted octanol–water partition coefficient (Wildman–Crippen LogP) is 4.16. The standard InChI is InChI=1S/C14H11BrF4N2/c15-11-4-2-1-3-9(11)13(21-20)8-5-6-10(12(16)7-8)14(17,18)19/h1-7,13,21H,20H2. The van der Waals surface area contributed by atoms with Crippen molar-refractivity contribution in [1.29, 1.82) is 0 Å². The average molecular weight is 363 g/mol. The molecule has 0 amide bonds. The lowest BCUT2D eigenvalue weighted by Crippen LogP contribution is -2.29. The zero-order valence-electron chi connectivity index (χ0n) is 10.6. The second-order valence-corrected chi connectivity index (χ2v) is 5.21. The fourth-order valence-electron chi connectivity index (χ4n) is 2.02. The Bertz CT molecular complexity index is 643. The Balaban J connectivity index is 2.45. The predicted molar refractivity (Wildman–Crippen MR) is 74.7 cm³/mol. The molecule has 0 radical (unpaired) electrons. The van der Waals surface area contributed by atoms with E-state index < -0.39 is 23.6 Å². The fourth-order valence-corrected chi connectivity index (χ4v) is 2.53. The fraction of sp³-hybridized carbons (Fsp3) is 0.143. The number of halogens is 5. The highest BCUT2D eigenvalue weighted by molar-refractivity contribution is 9.10. The molecule has 2 nitrogen and oxygen atoms in total. The maximum Gasteiger partial charge on any atom is 0.419 e. The van der Waals surface area contributed by atoms with Crippen molar-refractivity contribution in [1.82, 2.24) is 5.43 Å². The zero-order valence-corrected chi connectivity index (χ0v) is 12.2. The van der Waals surface area contributed by atoms with Gasteiger partial charge in [0.25, 0.3) is 0 Å². The molecule has 21 heavy (non-hydrogen) atoms. The van der Waals surface area contributed by atoms with E-state index in [1.54, 1.807) is 24.3 Å². The van der Waals surface area contributed by atoms with Crippen LogP contribution >= 0.6 is 15.9 Å². The van der Waals surface area contributed by atoms with Crippen LogP contribution in [0.5, 0.6) is 0 Å². The summed E-state index contributed by atoms with van der Waals surface area (Å²) in [4.78, 5) is 0. The number of hydrazine groups is 1. The number of hydrogen-bond donors (Lipinski definition) is 2. The molecule has 0 fully saturated rings. The van der Waals surface area contributed by atoms with E-state index in [1.165, 1.54) is 6.07 Å². The minimum absolute atomic E-state index is 0.301. The van der Waals surface area contributed by atoms with Gasteiger partial charge in [0.15, 0.2) is 0 Å². The van der Waals surface area contributed by atoms with Gasteiger partial charge >= 0.3 is 6.18 Å². The number of alkyl halides is 3. The van der Waals surface area contributed by atoms with Crippen molar-refractivity contribution in [2.45, 2.75) is 12.2 Å².